The van der Waals surface area contributed by atoms with Gasteiger partial charge in [0.15, 0.2) is 15.9 Å². The van der Waals surface area contributed by atoms with E-state index in [1.807, 2.05) is 72.8 Å². The van der Waals surface area contributed by atoms with Crippen molar-refractivity contribution in [2.45, 2.75) is 29.5 Å². The summed E-state index contributed by atoms with van der Waals surface area (Å²) in [6.45, 7) is 2.05. The van der Waals surface area contributed by atoms with Gasteiger partial charge in [-0.05, 0) is 35.2 Å². The molecular formula is C30H23N3O4S2. The Morgan fingerprint density at radius 1 is 1.00 bits per heavy atom. The monoisotopic (exact) mass is 553 g/mol. The van der Waals surface area contributed by atoms with Crippen molar-refractivity contribution in [3.63, 3.8) is 0 Å². The summed E-state index contributed by atoms with van der Waals surface area (Å²) in [7, 11) is 0. The van der Waals surface area contributed by atoms with Gasteiger partial charge in [-0.15, -0.1) is 10.2 Å². The molecule has 39 heavy (non-hydrogen) atoms. The number of thioether (sulfide) groups is 1. The second kappa shape index (κ2) is 10.5. The van der Waals surface area contributed by atoms with Gasteiger partial charge in [-0.1, -0.05) is 103 Å². The molecule has 194 valence electrons. The Labute approximate surface area is 232 Å². The molecule has 3 heterocycles. The average Bonchev–Trinajstić information content (AvgIpc) is 3.69. The van der Waals surface area contributed by atoms with Crippen molar-refractivity contribution in [2.24, 2.45) is 0 Å². The number of hydrogen-bond donors (Lipinski definition) is 1. The molecule has 5 aromatic rings. The van der Waals surface area contributed by atoms with Gasteiger partial charge in [0.1, 0.15) is 5.58 Å². The number of carbonyl (C=O) groups excluding carboxylic acids is 2. The van der Waals surface area contributed by atoms with Crippen LogP contribution in [0.15, 0.2) is 105 Å². The largest absolute Gasteiger partial charge is 0.503 e. The number of carbonyl (C=O) groups is 2. The first-order chi connectivity index (χ1) is 19.0. The van der Waals surface area contributed by atoms with Crippen LogP contribution in [-0.2, 0) is 17.0 Å². The smallest absolute Gasteiger partial charge is 0.296 e. The minimum atomic E-state index is -0.885. The number of aliphatic hydroxyl groups excluding tert-OH is 1. The maximum atomic E-state index is 13.8. The summed E-state index contributed by atoms with van der Waals surface area (Å²) < 4.78 is 6.49. The first-order valence-electron chi connectivity index (χ1n) is 12.4. The topological polar surface area (TPSA) is 96.5 Å². The van der Waals surface area contributed by atoms with Gasteiger partial charge >= 0.3 is 0 Å². The predicted molar refractivity (Wildman–Crippen MR) is 152 cm³/mol. The Morgan fingerprint density at radius 3 is 2.49 bits per heavy atom. The molecule has 6 rings (SSSR count). The van der Waals surface area contributed by atoms with E-state index in [0.717, 1.165) is 22.9 Å². The van der Waals surface area contributed by atoms with Gasteiger partial charge in [-0.3, -0.25) is 14.5 Å². The van der Waals surface area contributed by atoms with E-state index in [1.54, 1.807) is 12.1 Å². The van der Waals surface area contributed by atoms with E-state index in [1.165, 1.54) is 28.0 Å². The zero-order valence-corrected chi connectivity index (χ0v) is 22.5. The molecule has 0 saturated carbocycles. The molecular weight excluding hydrogens is 530 g/mol. The van der Waals surface area contributed by atoms with Crippen molar-refractivity contribution in [3.05, 3.63) is 119 Å². The molecule has 3 aromatic carbocycles. The van der Waals surface area contributed by atoms with E-state index in [0.29, 0.717) is 26.4 Å². The SMILES string of the molecule is CCc1ccc(C2C(C(=O)c3cc4ccccc4o3)=C(O)C(=O)N2c2nnc(SCc3ccccc3)s2)cc1. The van der Waals surface area contributed by atoms with E-state index in [4.69, 9.17) is 4.42 Å². The Hall–Kier alpha value is -4.21. The van der Waals surface area contributed by atoms with E-state index < -0.39 is 23.5 Å². The Bertz CT molecular complexity index is 1670. The molecule has 0 bridgehead atoms. The highest BCUT2D eigenvalue weighted by Gasteiger charge is 2.46. The second-order valence-electron chi connectivity index (χ2n) is 9.04. The quantitative estimate of drug-likeness (QED) is 0.127. The number of Topliss-reactive ketones (excluding diaryl/α,β-unsaturated/α-hetero) is 1. The summed E-state index contributed by atoms with van der Waals surface area (Å²) in [4.78, 5) is 28.6. The first kappa shape index (κ1) is 25.1. The summed E-state index contributed by atoms with van der Waals surface area (Å²) in [5, 5.41) is 20.7. The minimum absolute atomic E-state index is 0.0445. The van der Waals surface area contributed by atoms with Gasteiger partial charge in [-0.2, -0.15) is 0 Å². The molecule has 1 atom stereocenters. The lowest BCUT2D eigenvalue weighted by Crippen LogP contribution is -2.31. The van der Waals surface area contributed by atoms with E-state index in [2.05, 4.69) is 17.1 Å². The number of para-hydroxylation sites is 1. The highest BCUT2D eigenvalue weighted by Crippen LogP contribution is 2.44. The summed E-state index contributed by atoms with van der Waals surface area (Å²) >= 11 is 2.76. The van der Waals surface area contributed by atoms with Gasteiger partial charge in [0.2, 0.25) is 10.9 Å². The molecule has 0 aliphatic carbocycles. The van der Waals surface area contributed by atoms with E-state index in [9.17, 15) is 14.7 Å². The van der Waals surface area contributed by atoms with Crippen LogP contribution in [0.2, 0.25) is 0 Å². The molecule has 1 aliphatic rings. The van der Waals surface area contributed by atoms with Gasteiger partial charge in [-0.25, -0.2) is 0 Å². The third kappa shape index (κ3) is 4.75. The number of ketones is 1. The predicted octanol–water partition coefficient (Wildman–Crippen LogP) is 6.92. The fourth-order valence-corrected chi connectivity index (χ4v) is 6.41. The highest BCUT2D eigenvalue weighted by molar-refractivity contribution is 8.00. The molecule has 7 nitrogen and oxygen atoms in total. The van der Waals surface area contributed by atoms with Gasteiger partial charge < -0.3 is 9.52 Å². The fraction of sp³-hybridized carbons (Fsp3) is 0.133. The van der Waals surface area contributed by atoms with Crippen LogP contribution in [0, 0.1) is 0 Å². The summed E-state index contributed by atoms with van der Waals surface area (Å²) in [5.74, 6) is -1.11. The molecule has 1 unspecified atom stereocenters. The Morgan fingerprint density at radius 2 is 1.74 bits per heavy atom. The number of furan rings is 1. The average molecular weight is 554 g/mol. The molecule has 0 radical (unpaired) electrons. The molecule has 1 amide bonds. The third-order valence-electron chi connectivity index (χ3n) is 6.61. The first-order valence-corrected chi connectivity index (χ1v) is 14.2. The number of aryl methyl sites for hydroxylation is 1. The van der Waals surface area contributed by atoms with Crippen molar-refractivity contribution >= 4 is 50.9 Å². The van der Waals surface area contributed by atoms with Crippen LogP contribution in [0.25, 0.3) is 11.0 Å². The fourth-order valence-electron chi connectivity index (χ4n) is 4.59. The van der Waals surface area contributed by atoms with E-state index >= 15 is 0 Å². The maximum absolute atomic E-state index is 13.8. The van der Waals surface area contributed by atoms with Crippen molar-refractivity contribution in [1.29, 1.82) is 0 Å². The van der Waals surface area contributed by atoms with Crippen molar-refractivity contribution in [3.8, 4) is 0 Å². The summed E-state index contributed by atoms with van der Waals surface area (Å²) in [6.07, 6.45) is 0.845. The van der Waals surface area contributed by atoms with Crippen LogP contribution >= 0.6 is 23.1 Å². The standard InChI is InChI=1S/C30H23N3O4S2/c1-2-18-12-14-20(15-13-18)25-24(26(34)23-16-21-10-6-7-11-22(21)37-23)27(35)28(36)33(25)29-31-32-30(39-29)38-17-19-8-4-3-5-9-19/h3-16,25,35H,2,17H2,1H3. The lowest BCUT2D eigenvalue weighted by molar-refractivity contribution is -0.117. The molecule has 2 aromatic heterocycles. The van der Waals surface area contributed by atoms with Crippen LogP contribution in [0.4, 0.5) is 5.13 Å². The number of hydrogen-bond acceptors (Lipinski definition) is 8. The van der Waals surface area contributed by atoms with Crippen LogP contribution in [0.3, 0.4) is 0 Å². The zero-order chi connectivity index (χ0) is 26.9. The normalized spacial score (nSPS) is 15.5. The van der Waals surface area contributed by atoms with Gasteiger partial charge in [0.25, 0.3) is 5.91 Å². The molecule has 0 spiro atoms. The number of aromatic nitrogens is 2. The van der Waals surface area contributed by atoms with Crippen molar-refractivity contribution in [1.82, 2.24) is 10.2 Å². The molecule has 0 fully saturated rings. The number of rotatable bonds is 8. The van der Waals surface area contributed by atoms with Crippen LogP contribution in [-0.4, -0.2) is 27.0 Å². The number of nitrogens with zero attached hydrogens (tertiary/aromatic N) is 3. The number of anilines is 1. The number of fused-ring (bicyclic) bond motifs is 1. The van der Waals surface area contributed by atoms with E-state index in [-0.39, 0.29) is 11.3 Å². The third-order valence-corrected chi connectivity index (χ3v) is 8.74. The van der Waals surface area contributed by atoms with Crippen molar-refractivity contribution < 1.29 is 19.1 Å². The van der Waals surface area contributed by atoms with Crippen LogP contribution in [0.5, 0.6) is 0 Å². The lowest BCUT2D eigenvalue weighted by Gasteiger charge is -2.24. The second-order valence-corrected chi connectivity index (χ2v) is 11.2. The number of amides is 1. The molecule has 0 saturated heterocycles. The Kier molecular flexibility index (Phi) is 6.76. The van der Waals surface area contributed by atoms with Gasteiger partial charge in [0, 0.05) is 11.1 Å². The lowest BCUT2D eigenvalue weighted by atomic mass is 9.94. The highest BCUT2D eigenvalue weighted by atomic mass is 32.2. The Balaban J connectivity index is 1.37. The van der Waals surface area contributed by atoms with Crippen LogP contribution in [0.1, 0.15) is 40.2 Å². The molecule has 9 heteroatoms. The van der Waals surface area contributed by atoms with Gasteiger partial charge in [0.05, 0.1) is 11.6 Å². The molecule has 1 aliphatic heterocycles. The summed E-state index contributed by atoms with van der Waals surface area (Å²) in [6, 6.07) is 25.7. The summed E-state index contributed by atoms with van der Waals surface area (Å²) in [5.41, 5.74) is 3.44. The van der Waals surface area contributed by atoms with Crippen LogP contribution < -0.4 is 4.90 Å². The number of benzene rings is 3. The molecule has 1 N–H and O–H groups in total. The minimum Gasteiger partial charge on any atom is -0.503 e. The maximum Gasteiger partial charge on any atom is 0.296 e. The van der Waals surface area contributed by atoms with Crippen molar-refractivity contribution in [2.75, 3.05) is 4.90 Å². The number of aliphatic hydroxyl groups is 1. The zero-order valence-electron chi connectivity index (χ0n) is 20.9.